The van der Waals surface area contributed by atoms with Crippen molar-refractivity contribution in [3.63, 3.8) is 0 Å². The molecule has 1 aliphatic rings. The van der Waals surface area contributed by atoms with Gasteiger partial charge in [-0.15, -0.1) is 0 Å². The first-order valence-corrected chi connectivity index (χ1v) is 4.28. The summed E-state index contributed by atoms with van der Waals surface area (Å²) >= 11 is 0. The largest absolute Gasteiger partial charge is 0.485 e. The third-order valence-electron chi connectivity index (χ3n) is 2.00. The van der Waals surface area contributed by atoms with Gasteiger partial charge in [-0.1, -0.05) is 0 Å². The van der Waals surface area contributed by atoms with Crippen LogP contribution >= 0.6 is 0 Å². The molecule has 0 aromatic heterocycles. The Kier molecular flexibility index (Phi) is 2.04. The minimum Gasteiger partial charge on any atom is -0.485 e. The average molecular weight is 192 g/mol. The molecule has 1 aromatic carbocycles. The Morgan fingerprint density at radius 3 is 3.14 bits per heavy atom. The number of rotatable bonds is 1. The number of benzene rings is 1. The Hall–Kier alpha value is -1.71. The average Bonchev–Trinajstić information content (AvgIpc) is 2.16. The van der Waals surface area contributed by atoms with E-state index in [1.807, 2.05) is 6.92 Å². The minimum atomic E-state index is -0.690. The van der Waals surface area contributed by atoms with Gasteiger partial charge in [-0.2, -0.15) is 0 Å². The molecule has 0 saturated carbocycles. The molecule has 2 rings (SSSR count). The van der Waals surface area contributed by atoms with Crippen LogP contribution in [0.5, 0.6) is 11.5 Å². The van der Waals surface area contributed by atoms with Crippen molar-refractivity contribution in [3.8, 4) is 11.5 Å². The third kappa shape index (κ3) is 1.51. The van der Waals surface area contributed by atoms with Crippen molar-refractivity contribution < 1.29 is 14.3 Å². The van der Waals surface area contributed by atoms with Gasteiger partial charge in [0.2, 0.25) is 6.10 Å². The Labute approximate surface area is 81.6 Å². The van der Waals surface area contributed by atoms with E-state index in [0.29, 0.717) is 11.5 Å². The number of nitrogens with two attached hydrogens (primary N) is 1. The molecule has 1 aliphatic heterocycles. The molecule has 0 fully saturated rings. The first-order valence-electron chi connectivity index (χ1n) is 4.28. The first-order chi connectivity index (χ1) is 6.66. The summed E-state index contributed by atoms with van der Waals surface area (Å²) in [7, 11) is 0. The molecule has 0 bridgehead atoms. The van der Waals surface area contributed by atoms with Crippen molar-refractivity contribution in [1.29, 1.82) is 0 Å². The van der Waals surface area contributed by atoms with Crippen molar-refractivity contribution in [2.24, 2.45) is 5.73 Å². The van der Waals surface area contributed by atoms with Gasteiger partial charge < -0.3 is 15.2 Å². The lowest BCUT2D eigenvalue weighted by atomic mass is 10.2. The zero-order chi connectivity index (χ0) is 10.1. The minimum absolute atomic E-state index is 0.166. The summed E-state index contributed by atoms with van der Waals surface area (Å²) in [6.07, 6.45) is -0.690. The zero-order valence-corrected chi connectivity index (χ0v) is 7.74. The lowest BCUT2D eigenvalue weighted by Crippen LogP contribution is -2.40. The van der Waals surface area contributed by atoms with Gasteiger partial charge >= 0.3 is 0 Å². The molecule has 1 heterocycles. The maximum atomic E-state index is 10.9. The number of hydrogen-bond donors (Lipinski definition) is 1. The number of amides is 1. The van der Waals surface area contributed by atoms with E-state index in [9.17, 15) is 4.79 Å². The van der Waals surface area contributed by atoms with Gasteiger partial charge in [0.25, 0.3) is 5.91 Å². The molecule has 14 heavy (non-hydrogen) atoms. The smallest absolute Gasteiger partial charge is 0.262 e. The fourth-order valence-electron chi connectivity index (χ4n) is 1.26. The van der Waals surface area contributed by atoms with Crippen molar-refractivity contribution in [3.05, 3.63) is 23.8 Å². The molecule has 73 valence electrons. The molecule has 4 heteroatoms. The van der Waals surface area contributed by atoms with E-state index in [2.05, 4.69) is 6.07 Å². The lowest BCUT2D eigenvalue weighted by molar-refractivity contribution is -0.127. The second kappa shape index (κ2) is 3.21. The molecule has 0 spiro atoms. The maximum Gasteiger partial charge on any atom is 0.262 e. The van der Waals surface area contributed by atoms with E-state index in [0.717, 1.165) is 5.56 Å². The summed E-state index contributed by atoms with van der Waals surface area (Å²) in [5.74, 6) is 0.644. The van der Waals surface area contributed by atoms with Crippen molar-refractivity contribution in [1.82, 2.24) is 0 Å². The SMILES string of the molecule is Cc1[c]cc2c(c1)OC(C(N)=O)CO2. The van der Waals surface area contributed by atoms with Crippen LogP contribution in [0.4, 0.5) is 0 Å². The molecule has 1 atom stereocenters. The normalized spacial score (nSPS) is 19.1. The van der Waals surface area contributed by atoms with E-state index in [1.165, 1.54) is 0 Å². The highest BCUT2D eigenvalue weighted by atomic mass is 16.6. The van der Waals surface area contributed by atoms with Gasteiger partial charge in [0.05, 0.1) is 0 Å². The molecule has 1 aromatic rings. The Morgan fingerprint density at radius 1 is 1.64 bits per heavy atom. The summed E-state index contributed by atoms with van der Waals surface area (Å²) in [6, 6.07) is 6.45. The second-order valence-corrected chi connectivity index (χ2v) is 3.16. The highest BCUT2D eigenvalue weighted by Crippen LogP contribution is 2.31. The van der Waals surface area contributed by atoms with E-state index in [1.54, 1.807) is 12.1 Å². The van der Waals surface area contributed by atoms with Gasteiger partial charge in [-0.3, -0.25) is 4.79 Å². The number of carbonyl (C=O) groups excluding carboxylic acids is 1. The number of primary amides is 1. The lowest BCUT2D eigenvalue weighted by Gasteiger charge is -2.24. The number of ether oxygens (including phenoxy) is 2. The molecule has 1 amide bonds. The van der Waals surface area contributed by atoms with E-state index >= 15 is 0 Å². The number of aryl methyl sites for hydroxylation is 1. The molecule has 2 N–H and O–H groups in total. The Balaban J connectivity index is 2.29. The monoisotopic (exact) mass is 192 g/mol. The Morgan fingerprint density at radius 2 is 2.43 bits per heavy atom. The van der Waals surface area contributed by atoms with E-state index in [4.69, 9.17) is 15.2 Å². The quantitative estimate of drug-likeness (QED) is 0.701. The predicted octanol–water partition coefficient (Wildman–Crippen LogP) is 0.420. The van der Waals surface area contributed by atoms with Crippen LogP contribution in [-0.2, 0) is 4.79 Å². The van der Waals surface area contributed by atoms with Gasteiger partial charge in [0.15, 0.2) is 11.5 Å². The highest BCUT2D eigenvalue weighted by molar-refractivity contribution is 5.79. The van der Waals surface area contributed by atoms with Crippen LogP contribution in [-0.4, -0.2) is 18.6 Å². The second-order valence-electron chi connectivity index (χ2n) is 3.16. The summed E-state index contributed by atoms with van der Waals surface area (Å²) in [6.45, 7) is 2.05. The van der Waals surface area contributed by atoms with Crippen LogP contribution in [0.15, 0.2) is 12.1 Å². The van der Waals surface area contributed by atoms with Gasteiger partial charge in [0, 0.05) is 0 Å². The van der Waals surface area contributed by atoms with Crippen molar-refractivity contribution >= 4 is 5.91 Å². The standard InChI is InChI=1S/C10H10NO3/c1-6-2-3-7-8(4-6)14-9(5-13-7)10(11)12/h3-4,9H,5H2,1H3,(H2,11,12). The van der Waals surface area contributed by atoms with Crippen LogP contribution in [0.3, 0.4) is 0 Å². The summed E-state index contributed by atoms with van der Waals surface area (Å²) in [5.41, 5.74) is 6.04. The molecule has 1 unspecified atom stereocenters. The van der Waals surface area contributed by atoms with Crippen molar-refractivity contribution in [2.75, 3.05) is 6.61 Å². The molecular formula is C10H10NO3. The van der Waals surface area contributed by atoms with Crippen LogP contribution < -0.4 is 15.2 Å². The number of hydrogen-bond acceptors (Lipinski definition) is 3. The molecule has 0 saturated heterocycles. The number of carbonyl (C=O) groups is 1. The van der Waals surface area contributed by atoms with Crippen LogP contribution in [0.25, 0.3) is 0 Å². The van der Waals surface area contributed by atoms with Gasteiger partial charge in [-0.25, -0.2) is 0 Å². The molecule has 0 aliphatic carbocycles. The fourth-order valence-corrected chi connectivity index (χ4v) is 1.26. The maximum absolute atomic E-state index is 10.9. The van der Waals surface area contributed by atoms with Gasteiger partial charge in [0.1, 0.15) is 6.61 Å². The third-order valence-corrected chi connectivity index (χ3v) is 2.00. The zero-order valence-electron chi connectivity index (χ0n) is 7.74. The summed E-state index contributed by atoms with van der Waals surface area (Å²) in [5, 5.41) is 0. The summed E-state index contributed by atoms with van der Waals surface area (Å²) < 4.78 is 10.6. The fraction of sp³-hybridized carbons (Fsp3) is 0.300. The van der Waals surface area contributed by atoms with Crippen LogP contribution in [0.1, 0.15) is 5.56 Å². The summed E-state index contributed by atoms with van der Waals surface area (Å²) in [4.78, 5) is 10.9. The van der Waals surface area contributed by atoms with Crippen molar-refractivity contribution in [2.45, 2.75) is 13.0 Å². The molecule has 1 radical (unpaired) electrons. The highest BCUT2D eigenvalue weighted by Gasteiger charge is 2.25. The van der Waals surface area contributed by atoms with E-state index in [-0.39, 0.29) is 6.61 Å². The predicted molar refractivity (Wildman–Crippen MR) is 49.1 cm³/mol. The van der Waals surface area contributed by atoms with E-state index < -0.39 is 12.0 Å². The van der Waals surface area contributed by atoms with Crippen LogP contribution in [0.2, 0.25) is 0 Å². The number of fused-ring (bicyclic) bond motifs is 1. The molecule has 4 nitrogen and oxygen atoms in total. The van der Waals surface area contributed by atoms with Crippen LogP contribution in [0, 0.1) is 13.0 Å². The Bertz CT molecular complexity index is 376. The molecular weight excluding hydrogens is 182 g/mol. The first kappa shape index (κ1) is 8.87. The van der Waals surface area contributed by atoms with Gasteiger partial charge in [-0.05, 0) is 30.7 Å². The topological polar surface area (TPSA) is 61.5 Å².